The molecule has 0 bridgehead atoms. The number of urea groups is 1. The average molecular weight is 1240 g/mol. The number of phosphoric acid groups is 3. The van der Waals surface area contributed by atoms with Gasteiger partial charge in [0.15, 0.2) is 0 Å². The van der Waals surface area contributed by atoms with Gasteiger partial charge < -0.3 is 71.2 Å². The lowest BCUT2D eigenvalue weighted by atomic mass is 10.0. The number of alkyl carbamates (subject to hydrolysis) is 1. The highest BCUT2D eigenvalue weighted by Crippen LogP contribution is 2.66. The number of nitrogens with one attached hydrogen (secondary N) is 6. The molecular weight excluding hydrogens is 1180 g/mol. The number of benzene rings is 2. The van der Waals surface area contributed by atoms with Gasteiger partial charge in [0, 0.05) is 66.9 Å². The third-order valence-corrected chi connectivity index (χ3v) is 18.5. The van der Waals surface area contributed by atoms with E-state index < -0.39 is 71.3 Å². The Kier molecular flexibility index (Phi) is 22.2. The van der Waals surface area contributed by atoms with Crippen LogP contribution in [0.1, 0.15) is 116 Å². The standard InChI is InChI=1S/C48H61FN11O19P3S/c1-28(34-20-29(12-16-37(34)60(66)67)22-53-40(62)10-3-2-6-18-51-39(61)11-5-4-9-38-43-36(26-83-38)57-47(64)58-43)76-48(65)54-23-31-14-13-30(21-35(31)49)46(63)52-19-7-8-32-24-59(45-42(32)44(50)55-27-56-45)41-17-15-33(77-41)25-75-81(71,72)79-82(73,74)78-80(68,69)70/h12-14,16,20-21,24,27-28,33,36,38,41,43H,2-6,9-11,15,17-19,22-23,25-26H2,1H3,(H,51,61)(H,52,63)(H,53,62)(H,54,65)(H,71,72)(H,73,74)(H2,50,55,56)(H2,57,58,64)(H2,68,69,70)/t28?,33-,36-,38-,41+,43-/m0/s1. The predicted octanol–water partition coefficient (Wildman–Crippen LogP) is 4.87. The van der Waals surface area contributed by atoms with Gasteiger partial charge >= 0.3 is 35.6 Å². The van der Waals surface area contributed by atoms with Gasteiger partial charge in [-0.05, 0) is 69.2 Å². The number of nitrogens with two attached hydrogens (primary N) is 1. The van der Waals surface area contributed by atoms with Crippen LogP contribution in [-0.2, 0) is 59.0 Å². The molecule has 3 aliphatic heterocycles. The number of ether oxygens (including phenoxy) is 2. The summed E-state index contributed by atoms with van der Waals surface area (Å²) in [4.78, 5) is 119. The van der Waals surface area contributed by atoms with Gasteiger partial charge in [-0.15, -0.1) is 0 Å². The number of phosphoric ester groups is 1. The molecule has 30 nitrogen and oxygen atoms in total. The van der Waals surface area contributed by atoms with Crippen LogP contribution in [0.15, 0.2) is 48.9 Å². The van der Waals surface area contributed by atoms with Gasteiger partial charge in [-0.2, -0.15) is 20.4 Å². The molecule has 4 aromatic rings. The number of nitro groups is 1. The fourth-order valence-electron chi connectivity index (χ4n) is 9.22. The zero-order valence-corrected chi connectivity index (χ0v) is 47.8. The van der Waals surface area contributed by atoms with Gasteiger partial charge in [-0.1, -0.05) is 36.8 Å². The molecule has 0 saturated carbocycles. The number of thioether (sulfide) groups is 1. The summed E-state index contributed by atoms with van der Waals surface area (Å²) in [7, 11) is -16.7. The van der Waals surface area contributed by atoms with Crippen LogP contribution in [0.3, 0.4) is 0 Å². The van der Waals surface area contributed by atoms with Crippen molar-refractivity contribution in [3.05, 3.63) is 92.7 Å². The van der Waals surface area contributed by atoms with E-state index in [0.717, 1.165) is 31.1 Å². The van der Waals surface area contributed by atoms with Crippen molar-refractivity contribution in [3.63, 3.8) is 0 Å². The van der Waals surface area contributed by atoms with Gasteiger partial charge in [0.1, 0.15) is 35.9 Å². The molecule has 2 aromatic carbocycles. The van der Waals surface area contributed by atoms with Gasteiger partial charge in [0.25, 0.3) is 11.6 Å². The Morgan fingerprint density at radius 2 is 1.71 bits per heavy atom. The number of nitro benzene ring substituents is 1. The van der Waals surface area contributed by atoms with E-state index in [1.165, 1.54) is 49.8 Å². The number of nitrogens with zero attached hydrogens (tertiary/aromatic N) is 4. The number of carbonyl (C=O) groups excluding carboxylic acids is 5. The summed E-state index contributed by atoms with van der Waals surface area (Å²) >= 11 is 1.85. The Morgan fingerprint density at radius 1 is 0.952 bits per heavy atom. The Hall–Kier alpha value is -6.58. The van der Waals surface area contributed by atoms with E-state index in [0.29, 0.717) is 54.0 Å². The topological polar surface area (TPSA) is 436 Å². The first-order valence-corrected chi connectivity index (χ1v) is 31.4. The van der Waals surface area contributed by atoms with Crippen LogP contribution in [0.25, 0.3) is 11.0 Å². The molecule has 3 fully saturated rings. The smallest absolute Gasteiger partial charge is 0.441 e. The highest BCUT2D eigenvalue weighted by Gasteiger charge is 2.43. The molecule has 12 N–H and O–H groups in total. The molecule has 3 aliphatic rings. The Morgan fingerprint density at radius 3 is 2.46 bits per heavy atom. The summed E-state index contributed by atoms with van der Waals surface area (Å²) in [5.41, 5.74) is 6.86. The first kappa shape index (κ1) is 64.0. The van der Waals surface area contributed by atoms with Crippen molar-refractivity contribution in [2.75, 3.05) is 31.2 Å². The van der Waals surface area contributed by atoms with E-state index in [-0.39, 0.29) is 103 Å². The van der Waals surface area contributed by atoms with Crippen LogP contribution < -0.4 is 37.6 Å². The number of halogens is 1. The maximum Gasteiger partial charge on any atom is 0.490 e. The number of aromatic nitrogens is 3. The number of nitrogen functional groups attached to an aromatic ring is 1. The fraction of sp³-hybridized carbons (Fsp3) is 0.479. The van der Waals surface area contributed by atoms with Crippen molar-refractivity contribution in [2.45, 2.75) is 120 Å². The van der Waals surface area contributed by atoms with Crippen molar-refractivity contribution >= 4 is 87.6 Å². The van der Waals surface area contributed by atoms with Crippen molar-refractivity contribution in [1.82, 2.24) is 46.4 Å². The lowest BCUT2D eigenvalue weighted by Gasteiger charge is -2.19. The van der Waals surface area contributed by atoms with E-state index in [4.69, 9.17) is 29.5 Å². The van der Waals surface area contributed by atoms with E-state index in [1.54, 1.807) is 4.57 Å². The summed E-state index contributed by atoms with van der Waals surface area (Å²) in [6.45, 7) is 0.668. The van der Waals surface area contributed by atoms with Crippen molar-refractivity contribution in [3.8, 4) is 11.8 Å². The molecule has 0 radical (unpaired) electrons. The number of fused-ring (bicyclic) bond motifs is 2. The average Bonchev–Trinajstić information content (AvgIpc) is 2.99. The van der Waals surface area contributed by atoms with Gasteiger partial charge in [0.05, 0.1) is 52.8 Å². The normalized spacial score (nSPS) is 20.1. The lowest BCUT2D eigenvalue weighted by Crippen LogP contribution is -2.36. The van der Waals surface area contributed by atoms with Crippen LogP contribution in [0.5, 0.6) is 0 Å². The number of unbranched alkanes of at least 4 members (excludes halogenated alkanes) is 3. The molecule has 83 heavy (non-hydrogen) atoms. The summed E-state index contributed by atoms with van der Waals surface area (Å²) in [5.74, 6) is 4.76. The molecule has 5 heterocycles. The van der Waals surface area contributed by atoms with Crippen LogP contribution in [-0.4, -0.2) is 118 Å². The van der Waals surface area contributed by atoms with E-state index >= 15 is 4.39 Å². The van der Waals surface area contributed by atoms with Gasteiger partial charge in [-0.3, -0.25) is 29.0 Å². The Balaban J connectivity index is 0.805. The molecule has 3 unspecified atom stereocenters. The second-order valence-electron chi connectivity index (χ2n) is 19.2. The van der Waals surface area contributed by atoms with E-state index in [2.05, 4.69) is 62.3 Å². The quantitative estimate of drug-likeness (QED) is 0.00902. The van der Waals surface area contributed by atoms with Gasteiger partial charge in [-0.25, -0.2) is 37.6 Å². The molecule has 8 atom stereocenters. The number of carbonyl (C=O) groups is 5. The minimum atomic E-state index is -5.72. The minimum absolute atomic E-state index is 0.0234. The highest BCUT2D eigenvalue weighted by atomic mass is 32.2. The predicted molar refractivity (Wildman–Crippen MR) is 293 cm³/mol. The monoisotopic (exact) mass is 1240 g/mol. The Labute approximate surface area is 477 Å². The molecule has 6 amide bonds. The summed E-state index contributed by atoms with van der Waals surface area (Å²) in [5, 5.41) is 29.2. The number of hydrogen-bond donors (Lipinski definition) is 11. The zero-order valence-electron chi connectivity index (χ0n) is 44.3. The second-order valence-corrected chi connectivity index (χ2v) is 24.9. The highest BCUT2D eigenvalue weighted by molar-refractivity contribution is 8.00. The number of anilines is 1. The van der Waals surface area contributed by atoms with Crippen molar-refractivity contribution in [2.24, 2.45) is 0 Å². The van der Waals surface area contributed by atoms with Crippen molar-refractivity contribution in [1.29, 1.82) is 0 Å². The minimum Gasteiger partial charge on any atom is -0.441 e. The number of hydrogen-bond acceptors (Lipinski definition) is 19. The molecular formula is C48H61FN11O19P3S. The van der Waals surface area contributed by atoms with E-state index in [1.807, 2.05) is 11.8 Å². The van der Waals surface area contributed by atoms with Crippen molar-refractivity contribution < 1.29 is 89.2 Å². The van der Waals surface area contributed by atoms with Crippen LogP contribution in [0.2, 0.25) is 0 Å². The molecule has 0 aliphatic carbocycles. The zero-order chi connectivity index (χ0) is 60.1. The fourth-order valence-corrected chi connectivity index (χ4v) is 13.8. The lowest BCUT2D eigenvalue weighted by molar-refractivity contribution is -0.386. The van der Waals surface area contributed by atoms with E-state index in [9.17, 15) is 57.6 Å². The second kappa shape index (κ2) is 28.8. The summed E-state index contributed by atoms with van der Waals surface area (Å²) < 4.78 is 75.1. The first-order chi connectivity index (χ1) is 39.3. The first-order valence-electron chi connectivity index (χ1n) is 25.9. The Bertz CT molecular complexity index is 3290. The van der Waals surface area contributed by atoms with Gasteiger partial charge in [0.2, 0.25) is 11.8 Å². The number of amides is 6. The SMILES string of the molecule is CC(OC(=O)NCc1ccc(C(=O)NCC#Cc2cn([C@H]3CC[C@@H](COP(=O)(O)OP(=O)(O)OP(=O)(O)O)O3)c3ncnc(N)c23)cc1F)c1cc(CNC(=O)CCCCCNC(=O)CCCC[C@@H]2SC[C@@H]3NC(=O)N[C@@H]32)ccc1[N+](=O)[O-]. The van der Waals surface area contributed by atoms with Crippen LogP contribution in [0.4, 0.5) is 25.5 Å². The molecule has 0 spiro atoms. The molecule has 2 aromatic heterocycles. The third kappa shape index (κ3) is 19.0. The molecule has 7 rings (SSSR count). The summed E-state index contributed by atoms with van der Waals surface area (Å²) in [6, 6.07) is 7.88. The molecule has 3 saturated heterocycles. The van der Waals surface area contributed by atoms with Crippen LogP contribution >= 0.6 is 35.2 Å². The summed E-state index contributed by atoms with van der Waals surface area (Å²) in [6.07, 6.45) is 4.58. The maximum absolute atomic E-state index is 15.3. The largest absolute Gasteiger partial charge is 0.490 e. The molecule has 35 heteroatoms. The third-order valence-electron chi connectivity index (χ3n) is 13.2. The maximum atomic E-state index is 15.3. The van der Waals surface area contributed by atoms with Crippen LogP contribution in [0, 0.1) is 27.8 Å². The number of rotatable bonds is 28. The molecule has 450 valence electrons.